The van der Waals surface area contributed by atoms with Gasteiger partial charge in [-0.05, 0) is 31.2 Å². The van der Waals surface area contributed by atoms with Gasteiger partial charge in [0.1, 0.15) is 5.75 Å². The minimum absolute atomic E-state index is 0.0497. The molecule has 76 valence electrons. The summed E-state index contributed by atoms with van der Waals surface area (Å²) in [5, 5.41) is 0. The van der Waals surface area contributed by atoms with Crippen molar-refractivity contribution in [3.63, 3.8) is 0 Å². The quantitative estimate of drug-likeness (QED) is 0.610. The highest BCUT2D eigenvalue weighted by atomic mass is 16.5. The number of anilines is 1. The van der Waals surface area contributed by atoms with Gasteiger partial charge in [0.15, 0.2) is 6.23 Å². The van der Waals surface area contributed by atoms with Gasteiger partial charge in [-0.15, -0.1) is 0 Å². The van der Waals surface area contributed by atoms with E-state index in [-0.39, 0.29) is 6.23 Å². The topological polar surface area (TPSA) is 59.3 Å². The van der Waals surface area contributed by atoms with E-state index in [9.17, 15) is 0 Å². The summed E-state index contributed by atoms with van der Waals surface area (Å²) in [6.07, 6.45) is 1.01. The molecule has 1 aromatic rings. The van der Waals surface area contributed by atoms with Gasteiger partial charge in [-0.2, -0.15) is 0 Å². The fraction of sp³-hybridized carbons (Fsp3) is 0.400. The normalized spacial score (nSPS) is 26.4. The number of rotatable bonds is 2. The van der Waals surface area contributed by atoms with Gasteiger partial charge in [0.2, 0.25) is 0 Å². The molecule has 2 rings (SSSR count). The van der Waals surface area contributed by atoms with Gasteiger partial charge in [-0.1, -0.05) is 0 Å². The molecule has 0 amide bonds. The van der Waals surface area contributed by atoms with E-state index in [0.717, 1.165) is 17.9 Å². The number of hydrogen-bond donors (Lipinski definition) is 3. The molecule has 1 aromatic carbocycles. The van der Waals surface area contributed by atoms with Crippen molar-refractivity contribution in [2.24, 2.45) is 0 Å². The van der Waals surface area contributed by atoms with Crippen LogP contribution < -0.4 is 21.3 Å². The van der Waals surface area contributed by atoms with Gasteiger partial charge < -0.3 is 10.5 Å². The van der Waals surface area contributed by atoms with E-state index < -0.39 is 0 Å². The Kier molecular flexibility index (Phi) is 2.56. The fourth-order valence-electron chi connectivity index (χ4n) is 1.46. The Balaban J connectivity index is 1.94. The van der Waals surface area contributed by atoms with E-state index >= 15 is 0 Å². The molecule has 0 saturated carbocycles. The first kappa shape index (κ1) is 9.30. The summed E-state index contributed by atoms with van der Waals surface area (Å²) in [5.74, 6) is 0.840. The van der Waals surface area contributed by atoms with Crippen molar-refractivity contribution in [3.05, 3.63) is 24.3 Å². The zero-order chi connectivity index (χ0) is 9.97. The van der Waals surface area contributed by atoms with Crippen LogP contribution in [-0.4, -0.2) is 12.3 Å². The van der Waals surface area contributed by atoms with E-state index in [4.69, 9.17) is 10.5 Å². The summed E-state index contributed by atoms with van der Waals surface area (Å²) >= 11 is 0. The van der Waals surface area contributed by atoms with Crippen LogP contribution >= 0.6 is 0 Å². The summed E-state index contributed by atoms with van der Waals surface area (Å²) < 4.78 is 5.67. The molecule has 1 aliphatic rings. The number of benzene rings is 1. The Hall–Kier alpha value is -1.26. The first-order valence-corrected chi connectivity index (χ1v) is 4.77. The number of nitrogen functional groups attached to an aromatic ring is 1. The van der Waals surface area contributed by atoms with Gasteiger partial charge in [-0.25, -0.2) is 5.43 Å². The molecular weight excluding hydrogens is 178 g/mol. The zero-order valence-electron chi connectivity index (χ0n) is 8.16. The number of nitrogens with one attached hydrogen (secondary N) is 2. The van der Waals surface area contributed by atoms with E-state index in [2.05, 4.69) is 17.8 Å². The Morgan fingerprint density at radius 2 is 2.00 bits per heavy atom. The Morgan fingerprint density at radius 3 is 2.57 bits per heavy atom. The predicted octanol–water partition coefficient (Wildman–Crippen LogP) is 0.860. The molecule has 1 aliphatic heterocycles. The third-order valence-corrected chi connectivity index (χ3v) is 2.22. The summed E-state index contributed by atoms with van der Waals surface area (Å²) in [6.45, 7) is 2.11. The lowest BCUT2D eigenvalue weighted by Crippen LogP contribution is -2.35. The molecule has 2 atom stereocenters. The van der Waals surface area contributed by atoms with E-state index in [0.29, 0.717) is 6.04 Å². The second-order valence-electron chi connectivity index (χ2n) is 3.60. The molecule has 1 fully saturated rings. The number of ether oxygens (including phenoxy) is 1. The van der Waals surface area contributed by atoms with Crippen LogP contribution in [0, 0.1) is 0 Å². The molecule has 0 aliphatic carbocycles. The van der Waals surface area contributed by atoms with E-state index in [1.54, 1.807) is 0 Å². The third-order valence-electron chi connectivity index (χ3n) is 2.22. The van der Waals surface area contributed by atoms with E-state index in [1.165, 1.54) is 0 Å². The first-order chi connectivity index (χ1) is 6.74. The molecular formula is C10H15N3O. The van der Waals surface area contributed by atoms with Crippen molar-refractivity contribution < 1.29 is 4.74 Å². The molecule has 0 bridgehead atoms. The molecule has 4 nitrogen and oxygen atoms in total. The third kappa shape index (κ3) is 2.16. The molecule has 1 heterocycles. The predicted molar refractivity (Wildman–Crippen MR) is 55.6 cm³/mol. The van der Waals surface area contributed by atoms with Gasteiger partial charge in [0.05, 0.1) is 0 Å². The minimum atomic E-state index is 0.0497. The van der Waals surface area contributed by atoms with Crippen LogP contribution in [0.4, 0.5) is 5.69 Å². The second-order valence-corrected chi connectivity index (χ2v) is 3.60. The van der Waals surface area contributed by atoms with Crippen LogP contribution in [0.5, 0.6) is 5.75 Å². The maximum atomic E-state index is 5.67. The molecule has 0 aromatic heterocycles. The number of nitrogens with two attached hydrogens (primary N) is 1. The van der Waals surface area contributed by atoms with Crippen LogP contribution in [0.25, 0.3) is 0 Å². The largest absolute Gasteiger partial charge is 0.474 e. The highest BCUT2D eigenvalue weighted by Crippen LogP contribution is 2.16. The van der Waals surface area contributed by atoms with Crippen molar-refractivity contribution in [2.75, 3.05) is 5.73 Å². The number of hydrazine groups is 1. The fourth-order valence-corrected chi connectivity index (χ4v) is 1.46. The molecule has 0 radical (unpaired) electrons. The van der Waals surface area contributed by atoms with Crippen LogP contribution in [0.15, 0.2) is 24.3 Å². The lowest BCUT2D eigenvalue weighted by atomic mass is 10.2. The van der Waals surface area contributed by atoms with Gasteiger partial charge in [0, 0.05) is 18.2 Å². The summed E-state index contributed by atoms with van der Waals surface area (Å²) in [5.41, 5.74) is 12.5. The van der Waals surface area contributed by atoms with Crippen molar-refractivity contribution in [2.45, 2.75) is 25.6 Å². The Labute approximate surface area is 83.4 Å². The monoisotopic (exact) mass is 193 g/mol. The van der Waals surface area contributed by atoms with Crippen LogP contribution in [0.2, 0.25) is 0 Å². The maximum absolute atomic E-state index is 5.67. The van der Waals surface area contributed by atoms with Crippen molar-refractivity contribution in [1.82, 2.24) is 10.9 Å². The molecule has 0 spiro atoms. The Bertz CT molecular complexity index is 299. The van der Waals surface area contributed by atoms with Gasteiger partial charge in [-0.3, -0.25) is 5.43 Å². The zero-order valence-corrected chi connectivity index (χ0v) is 8.16. The van der Waals surface area contributed by atoms with Crippen LogP contribution in [-0.2, 0) is 0 Å². The van der Waals surface area contributed by atoms with Crippen molar-refractivity contribution in [3.8, 4) is 5.75 Å². The average Bonchev–Trinajstić information content (AvgIpc) is 2.56. The van der Waals surface area contributed by atoms with Gasteiger partial charge in [0.25, 0.3) is 0 Å². The van der Waals surface area contributed by atoms with Crippen molar-refractivity contribution >= 4 is 5.69 Å². The van der Waals surface area contributed by atoms with Crippen LogP contribution in [0.3, 0.4) is 0 Å². The second kappa shape index (κ2) is 3.86. The average molecular weight is 193 g/mol. The summed E-state index contributed by atoms with van der Waals surface area (Å²) in [6, 6.07) is 7.87. The summed E-state index contributed by atoms with van der Waals surface area (Å²) in [4.78, 5) is 0. The maximum Gasteiger partial charge on any atom is 0.163 e. The minimum Gasteiger partial charge on any atom is -0.474 e. The smallest absolute Gasteiger partial charge is 0.163 e. The highest BCUT2D eigenvalue weighted by Gasteiger charge is 2.20. The molecule has 2 unspecified atom stereocenters. The lowest BCUT2D eigenvalue weighted by molar-refractivity contribution is 0.180. The lowest BCUT2D eigenvalue weighted by Gasteiger charge is -2.12. The molecule has 1 saturated heterocycles. The Morgan fingerprint density at radius 1 is 1.29 bits per heavy atom. The summed E-state index contributed by atoms with van der Waals surface area (Å²) in [7, 11) is 0. The van der Waals surface area contributed by atoms with E-state index in [1.807, 2.05) is 24.3 Å². The number of hydrogen-bond acceptors (Lipinski definition) is 4. The molecule has 4 heteroatoms. The SMILES string of the molecule is CC1CC(Oc2ccc(N)cc2)NN1. The van der Waals surface area contributed by atoms with Crippen LogP contribution in [0.1, 0.15) is 13.3 Å². The first-order valence-electron chi connectivity index (χ1n) is 4.77. The molecule has 4 N–H and O–H groups in total. The van der Waals surface area contributed by atoms with Crippen molar-refractivity contribution in [1.29, 1.82) is 0 Å². The highest BCUT2D eigenvalue weighted by molar-refractivity contribution is 5.41. The molecule has 14 heavy (non-hydrogen) atoms. The van der Waals surface area contributed by atoms with Gasteiger partial charge >= 0.3 is 0 Å². The standard InChI is InChI=1S/C10H15N3O/c1-7-6-10(13-12-7)14-9-4-2-8(11)3-5-9/h2-5,7,10,12-13H,6,11H2,1H3.